The lowest BCUT2D eigenvalue weighted by Crippen LogP contribution is -2.34. The summed E-state index contributed by atoms with van der Waals surface area (Å²) >= 11 is 0. The van der Waals surface area contributed by atoms with E-state index in [1.807, 2.05) is 0 Å². The molecule has 6 N–H and O–H groups in total. The number of aliphatic hydroxyl groups excluding tert-OH is 5. The van der Waals surface area contributed by atoms with Gasteiger partial charge in [-0.2, -0.15) is 0 Å². The fraction of sp³-hybridized carbons (Fsp3) is 0.333. The van der Waals surface area contributed by atoms with Gasteiger partial charge in [0.25, 0.3) is 0 Å². The summed E-state index contributed by atoms with van der Waals surface area (Å²) in [5.41, 5.74) is 0.651. The SMILES string of the molecule is COc1ccc(C2=C(O[C@H]3O[C@H](CO)[C@@H](O)[C@@H]3O)C=C3C(O)=CC(O)=CC3O2)cc1O. The van der Waals surface area contributed by atoms with Crippen molar-refractivity contribution in [2.24, 2.45) is 0 Å². The Morgan fingerprint density at radius 1 is 1.06 bits per heavy atom. The summed E-state index contributed by atoms with van der Waals surface area (Å²) in [5.74, 6) is -0.224. The molecule has 0 radical (unpaired) electrons. The molecule has 0 spiro atoms. The van der Waals surface area contributed by atoms with Gasteiger partial charge in [-0.15, -0.1) is 0 Å². The van der Waals surface area contributed by atoms with E-state index in [2.05, 4.69) is 0 Å². The molecule has 0 saturated carbocycles. The van der Waals surface area contributed by atoms with E-state index in [1.54, 1.807) is 6.07 Å². The summed E-state index contributed by atoms with van der Waals surface area (Å²) in [5, 5.41) is 59.7. The van der Waals surface area contributed by atoms with E-state index in [9.17, 15) is 30.6 Å². The molecule has 2 heterocycles. The number of aliphatic hydroxyl groups is 5. The Morgan fingerprint density at radius 3 is 2.48 bits per heavy atom. The maximum atomic E-state index is 10.2. The van der Waals surface area contributed by atoms with Gasteiger partial charge >= 0.3 is 0 Å². The molecule has 10 nitrogen and oxygen atoms in total. The Morgan fingerprint density at radius 2 is 1.84 bits per heavy atom. The van der Waals surface area contributed by atoms with Crippen LogP contribution in [-0.2, 0) is 14.2 Å². The van der Waals surface area contributed by atoms with Gasteiger partial charge in [0.2, 0.25) is 6.29 Å². The monoisotopic (exact) mass is 434 g/mol. The molecular weight excluding hydrogens is 412 g/mol. The number of ether oxygens (including phenoxy) is 4. The highest BCUT2D eigenvalue weighted by molar-refractivity contribution is 5.70. The van der Waals surface area contributed by atoms with Crippen LogP contribution < -0.4 is 4.74 Å². The Kier molecular flexibility index (Phi) is 5.54. The number of phenols is 1. The van der Waals surface area contributed by atoms with E-state index in [0.29, 0.717) is 5.56 Å². The molecular formula is C21H22O10. The second-order valence-corrected chi connectivity index (χ2v) is 7.16. The minimum atomic E-state index is -1.45. The molecule has 1 saturated heterocycles. The molecule has 1 aliphatic carbocycles. The van der Waals surface area contributed by atoms with Crippen molar-refractivity contribution in [3.8, 4) is 11.5 Å². The van der Waals surface area contributed by atoms with E-state index in [4.69, 9.17) is 18.9 Å². The van der Waals surface area contributed by atoms with Gasteiger partial charge < -0.3 is 49.6 Å². The third-order valence-corrected chi connectivity index (χ3v) is 5.15. The highest BCUT2D eigenvalue weighted by Crippen LogP contribution is 2.39. The summed E-state index contributed by atoms with van der Waals surface area (Å²) in [4.78, 5) is 0. The molecule has 3 aliphatic rings. The van der Waals surface area contributed by atoms with Crippen LogP contribution in [0.3, 0.4) is 0 Å². The minimum absolute atomic E-state index is 0.0281. The van der Waals surface area contributed by atoms with Gasteiger partial charge in [0.1, 0.15) is 35.9 Å². The predicted octanol–water partition coefficient (Wildman–Crippen LogP) is 0.748. The van der Waals surface area contributed by atoms with Gasteiger partial charge in [-0.3, -0.25) is 0 Å². The number of aromatic hydroxyl groups is 1. The number of allylic oxidation sites excluding steroid dienone is 2. The summed E-state index contributed by atoms with van der Waals surface area (Å²) < 4.78 is 22.1. The average molecular weight is 434 g/mol. The molecule has 2 aliphatic heterocycles. The predicted molar refractivity (Wildman–Crippen MR) is 105 cm³/mol. The lowest BCUT2D eigenvalue weighted by Gasteiger charge is -2.30. The Balaban J connectivity index is 1.75. The third-order valence-electron chi connectivity index (χ3n) is 5.15. The standard InChI is InChI=1S/C21H22O10/c1-28-14-3-2-9(4-13(14)25)20-16(30-21-19(27)18(26)17(8-22)31-21)7-11-12(24)5-10(23)6-15(11)29-20/h2-7,15,17-19,21-27H,8H2,1H3/t15?,17-,18-,19+,21+/m1/s1. The quantitative estimate of drug-likeness (QED) is 0.390. The second kappa shape index (κ2) is 8.16. The Hall–Kier alpha value is -3.18. The highest BCUT2D eigenvalue weighted by atomic mass is 16.7. The number of hydrogen-bond donors (Lipinski definition) is 6. The zero-order valence-electron chi connectivity index (χ0n) is 16.4. The minimum Gasteiger partial charge on any atom is -0.508 e. The topological polar surface area (TPSA) is 158 Å². The summed E-state index contributed by atoms with van der Waals surface area (Å²) in [7, 11) is 1.40. The van der Waals surface area contributed by atoms with Crippen molar-refractivity contribution in [2.75, 3.05) is 13.7 Å². The normalized spacial score (nSPS) is 30.1. The lowest BCUT2D eigenvalue weighted by molar-refractivity contribution is -0.145. The molecule has 1 aromatic rings. The summed E-state index contributed by atoms with van der Waals surface area (Å²) in [6.07, 6.45) is -2.09. The number of phenolic OH excluding ortho intramolecular Hbond substituents is 1. The molecule has 1 fully saturated rings. The molecule has 5 atom stereocenters. The van der Waals surface area contributed by atoms with Gasteiger partial charge in [0, 0.05) is 23.3 Å². The molecule has 31 heavy (non-hydrogen) atoms. The van der Waals surface area contributed by atoms with E-state index in [1.165, 1.54) is 31.4 Å². The molecule has 0 aromatic heterocycles. The van der Waals surface area contributed by atoms with Crippen LogP contribution in [0.15, 0.2) is 59.3 Å². The lowest BCUT2D eigenvalue weighted by atomic mass is 9.97. The number of methoxy groups -OCH3 is 1. The van der Waals surface area contributed by atoms with E-state index in [-0.39, 0.29) is 40.1 Å². The smallest absolute Gasteiger partial charge is 0.229 e. The van der Waals surface area contributed by atoms with E-state index >= 15 is 0 Å². The number of benzene rings is 1. The fourth-order valence-electron chi connectivity index (χ4n) is 3.52. The van der Waals surface area contributed by atoms with Crippen molar-refractivity contribution >= 4 is 5.76 Å². The second-order valence-electron chi connectivity index (χ2n) is 7.16. The molecule has 1 aromatic carbocycles. The first-order valence-corrected chi connectivity index (χ1v) is 9.43. The van der Waals surface area contributed by atoms with Crippen LogP contribution in [0, 0.1) is 0 Å². The zero-order valence-corrected chi connectivity index (χ0v) is 16.4. The molecule has 166 valence electrons. The van der Waals surface area contributed by atoms with Crippen LogP contribution in [0.2, 0.25) is 0 Å². The zero-order chi connectivity index (χ0) is 22.3. The van der Waals surface area contributed by atoms with Crippen LogP contribution in [0.25, 0.3) is 5.76 Å². The third kappa shape index (κ3) is 3.81. The fourth-order valence-corrected chi connectivity index (χ4v) is 3.52. The Bertz CT molecular complexity index is 992. The Labute approximate surface area is 176 Å². The van der Waals surface area contributed by atoms with Crippen molar-refractivity contribution in [3.63, 3.8) is 0 Å². The van der Waals surface area contributed by atoms with E-state index in [0.717, 1.165) is 6.08 Å². The van der Waals surface area contributed by atoms with E-state index < -0.39 is 37.3 Å². The molecule has 0 bridgehead atoms. The first kappa shape index (κ1) is 21.1. The maximum Gasteiger partial charge on any atom is 0.229 e. The van der Waals surface area contributed by atoms with Gasteiger partial charge in [0.15, 0.2) is 23.0 Å². The van der Waals surface area contributed by atoms with Gasteiger partial charge in [-0.05, 0) is 24.3 Å². The maximum absolute atomic E-state index is 10.2. The van der Waals surface area contributed by atoms with Crippen LogP contribution >= 0.6 is 0 Å². The number of hydrogen-bond acceptors (Lipinski definition) is 10. The van der Waals surface area contributed by atoms with Crippen molar-refractivity contribution in [2.45, 2.75) is 30.7 Å². The first-order chi connectivity index (χ1) is 14.8. The van der Waals surface area contributed by atoms with Crippen molar-refractivity contribution in [3.05, 3.63) is 64.8 Å². The number of fused-ring (bicyclic) bond motifs is 1. The first-order valence-electron chi connectivity index (χ1n) is 9.43. The number of rotatable bonds is 5. The van der Waals surface area contributed by atoms with Gasteiger partial charge in [-0.25, -0.2) is 0 Å². The van der Waals surface area contributed by atoms with Crippen molar-refractivity contribution < 1.29 is 49.6 Å². The van der Waals surface area contributed by atoms with Crippen LogP contribution in [0.4, 0.5) is 0 Å². The van der Waals surface area contributed by atoms with Crippen molar-refractivity contribution in [1.29, 1.82) is 0 Å². The average Bonchev–Trinajstić information content (AvgIpc) is 3.01. The highest BCUT2D eigenvalue weighted by Gasteiger charge is 2.45. The van der Waals surface area contributed by atoms with Crippen molar-refractivity contribution in [1.82, 2.24) is 0 Å². The van der Waals surface area contributed by atoms with Gasteiger partial charge in [-0.1, -0.05) is 0 Å². The molecule has 0 amide bonds. The summed E-state index contributed by atoms with van der Waals surface area (Å²) in [6.45, 7) is -0.524. The van der Waals surface area contributed by atoms with Crippen LogP contribution in [-0.4, -0.2) is 75.1 Å². The molecule has 10 heteroatoms. The van der Waals surface area contributed by atoms with Crippen LogP contribution in [0.5, 0.6) is 11.5 Å². The molecule has 1 unspecified atom stereocenters. The van der Waals surface area contributed by atoms with Gasteiger partial charge in [0.05, 0.1) is 13.7 Å². The molecule has 4 rings (SSSR count). The largest absolute Gasteiger partial charge is 0.508 e. The summed E-state index contributed by atoms with van der Waals surface area (Å²) in [6, 6.07) is 4.47. The van der Waals surface area contributed by atoms with Crippen LogP contribution in [0.1, 0.15) is 5.56 Å².